The molecule has 4 heterocycles. The first-order valence-electron chi connectivity index (χ1n) is 14.1. The van der Waals surface area contributed by atoms with Crippen LogP contribution in [-0.2, 0) is 32.5 Å². The Morgan fingerprint density at radius 1 is 1.11 bits per heavy atom. The largest absolute Gasteiger partial charge is 0.493 e. The van der Waals surface area contributed by atoms with E-state index in [-0.39, 0.29) is 24.7 Å². The summed E-state index contributed by atoms with van der Waals surface area (Å²) in [4.78, 5) is 50.1. The predicted octanol–water partition coefficient (Wildman–Crippen LogP) is 2.52. The monoisotopic (exact) mass is 622 g/mol. The van der Waals surface area contributed by atoms with Gasteiger partial charge in [0.15, 0.2) is 5.82 Å². The molecule has 2 aliphatic rings. The van der Waals surface area contributed by atoms with Crippen LogP contribution in [0.4, 0.5) is 23.0 Å². The number of carboxylic acid groups (broad SMARTS) is 1. The van der Waals surface area contributed by atoms with Crippen LogP contribution in [0.15, 0.2) is 48.8 Å². The van der Waals surface area contributed by atoms with E-state index in [9.17, 15) is 27.9 Å². The van der Waals surface area contributed by atoms with Crippen LogP contribution in [0.2, 0.25) is 0 Å². The quantitative estimate of drug-likeness (QED) is 0.363. The lowest BCUT2D eigenvalue weighted by molar-refractivity contribution is -0.145. The van der Waals surface area contributed by atoms with Crippen LogP contribution in [0.1, 0.15) is 42.3 Å². The van der Waals surface area contributed by atoms with Crippen LogP contribution in [0, 0.1) is 0 Å². The van der Waals surface area contributed by atoms with Crippen LogP contribution in [0.25, 0.3) is 0 Å². The summed E-state index contributed by atoms with van der Waals surface area (Å²) in [6.07, 6.45) is 4.00. The Bertz CT molecular complexity index is 1740. The molecule has 232 valence electrons. The van der Waals surface area contributed by atoms with Crippen molar-refractivity contribution in [1.82, 2.24) is 15.3 Å². The van der Waals surface area contributed by atoms with Gasteiger partial charge in [-0.05, 0) is 63.1 Å². The molecule has 0 bridgehead atoms. The Hall–Kier alpha value is -4.72. The van der Waals surface area contributed by atoms with Gasteiger partial charge in [0.2, 0.25) is 15.9 Å². The number of fused-ring (bicyclic) bond motifs is 3. The normalized spacial score (nSPS) is 15.5. The van der Waals surface area contributed by atoms with Crippen molar-refractivity contribution in [3.8, 4) is 5.75 Å². The first-order valence-corrected chi connectivity index (χ1v) is 15.7. The van der Waals surface area contributed by atoms with Crippen LogP contribution in [0.5, 0.6) is 5.75 Å². The molecule has 0 unspecified atom stereocenters. The number of ether oxygens (including phenoxy) is 1. The second-order valence-electron chi connectivity index (χ2n) is 11.1. The number of pyridine rings is 2. The van der Waals surface area contributed by atoms with Gasteiger partial charge in [0.1, 0.15) is 23.7 Å². The maximum absolute atomic E-state index is 13.4. The molecule has 2 aliphatic heterocycles. The maximum atomic E-state index is 13.4. The first-order chi connectivity index (χ1) is 20.8. The Labute approximate surface area is 255 Å². The highest BCUT2D eigenvalue weighted by Crippen LogP contribution is 2.38. The smallest absolute Gasteiger partial charge is 0.328 e. The summed E-state index contributed by atoms with van der Waals surface area (Å²) >= 11 is 0. The fourth-order valence-electron chi connectivity index (χ4n) is 5.26. The molecule has 13 nitrogen and oxygen atoms in total. The zero-order valence-electron chi connectivity index (χ0n) is 24.9. The third-order valence-corrected chi connectivity index (χ3v) is 9.38. The van der Waals surface area contributed by atoms with Gasteiger partial charge in [-0.2, -0.15) is 0 Å². The molecule has 0 atom stereocenters. The summed E-state index contributed by atoms with van der Waals surface area (Å²) in [5, 5.41) is 11.7. The van der Waals surface area contributed by atoms with Gasteiger partial charge in [0, 0.05) is 38.0 Å². The number of sulfonamides is 1. The molecule has 0 fully saturated rings. The fourth-order valence-corrected chi connectivity index (χ4v) is 6.72. The third-order valence-electron chi connectivity index (χ3n) is 7.66. The molecule has 1 aromatic carbocycles. The zero-order valence-corrected chi connectivity index (χ0v) is 25.7. The number of amides is 2. The van der Waals surface area contributed by atoms with Gasteiger partial charge in [-0.3, -0.25) is 13.9 Å². The number of nitrogens with zero attached hydrogens (tertiary/aromatic N) is 5. The number of aromatic nitrogens is 2. The van der Waals surface area contributed by atoms with Gasteiger partial charge < -0.3 is 25.0 Å². The summed E-state index contributed by atoms with van der Waals surface area (Å²) < 4.78 is 33.0. The van der Waals surface area contributed by atoms with E-state index < -0.39 is 34.0 Å². The minimum absolute atomic E-state index is 0.190. The molecule has 44 heavy (non-hydrogen) atoms. The fraction of sp³-hybridized carbons (Fsp3) is 0.367. The van der Waals surface area contributed by atoms with Crippen LogP contribution in [-0.4, -0.2) is 79.3 Å². The topological polar surface area (TPSA) is 162 Å². The summed E-state index contributed by atoms with van der Waals surface area (Å²) in [7, 11) is -2.11. The van der Waals surface area contributed by atoms with Crippen molar-refractivity contribution in [3.05, 3.63) is 65.5 Å². The number of hydrogen-bond acceptors (Lipinski definition) is 9. The highest BCUT2D eigenvalue weighted by Gasteiger charge is 2.36. The Kier molecular flexibility index (Phi) is 8.21. The van der Waals surface area contributed by atoms with Crippen molar-refractivity contribution in [1.29, 1.82) is 0 Å². The van der Waals surface area contributed by atoms with E-state index in [0.29, 0.717) is 52.9 Å². The Morgan fingerprint density at radius 2 is 1.86 bits per heavy atom. The average molecular weight is 623 g/mol. The summed E-state index contributed by atoms with van der Waals surface area (Å²) in [5.41, 5.74) is 1.30. The van der Waals surface area contributed by atoms with Crippen molar-refractivity contribution >= 4 is 50.8 Å². The number of anilines is 4. The number of aliphatic carboxylic acids is 1. The number of carbonyl (C=O) groups excluding carboxylic acids is 2. The van der Waals surface area contributed by atoms with Crippen LogP contribution < -0.4 is 24.2 Å². The lowest BCUT2D eigenvalue weighted by Gasteiger charge is -2.32. The third kappa shape index (κ3) is 5.76. The molecule has 0 radical (unpaired) electrons. The van der Waals surface area contributed by atoms with Crippen molar-refractivity contribution in [2.24, 2.45) is 0 Å². The number of benzene rings is 1. The number of hydrogen-bond donors (Lipinski definition) is 2. The van der Waals surface area contributed by atoms with Gasteiger partial charge in [0.05, 0.1) is 29.3 Å². The lowest BCUT2D eigenvalue weighted by Crippen LogP contribution is -2.53. The molecule has 2 amide bonds. The summed E-state index contributed by atoms with van der Waals surface area (Å²) in [6, 6.07) is 10.4. The number of carbonyl (C=O) groups is 3. The van der Waals surface area contributed by atoms with Crippen LogP contribution in [0.3, 0.4) is 0 Å². The zero-order chi connectivity index (χ0) is 31.8. The second-order valence-corrected chi connectivity index (χ2v) is 13.1. The van der Waals surface area contributed by atoms with Crippen LogP contribution >= 0.6 is 0 Å². The number of rotatable bonds is 9. The summed E-state index contributed by atoms with van der Waals surface area (Å²) in [6.45, 7) is 4.84. The molecule has 2 N–H and O–H groups in total. The molecule has 5 rings (SSSR count). The molecule has 0 aliphatic carbocycles. The van der Waals surface area contributed by atoms with Crippen molar-refractivity contribution in [2.75, 3.05) is 46.6 Å². The van der Waals surface area contributed by atoms with E-state index in [1.165, 1.54) is 13.8 Å². The van der Waals surface area contributed by atoms with E-state index in [1.54, 1.807) is 48.6 Å². The van der Waals surface area contributed by atoms with Gasteiger partial charge in [0.25, 0.3) is 5.91 Å². The van der Waals surface area contributed by atoms with E-state index in [0.717, 1.165) is 9.87 Å². The predicted molar refractivity (Wildman–Crippen MR) is 164 cm³/mol. The van der Waals surface area contributed by atoms with Crippen molar-refractivity contribution in [3.63, 3.8) is 0 Å². The van der Waals surface area contributed by atoms with E-state index in [2.05, 4.69) is 15.3 Å². The number of nitrogens with one attached hydrogen (secondary N) is 1. The molecular formula is C30H34N6O7S. The molecule has 0 saturated heterocycles. The minimum Gasteiger partial charge on any atom is -0.493 e. The standard InChI is InChI=1S/C30H34N6O7S/c1-5-35-26-21(28(38)34(4)23-9-7-13-31-27(23)35)16-19(17-32-26)11-14-43-24-10-6-8-22-20(24)12-15-44(41,42)36(22)18-25(37)33-30(2,3)29(39)40/h6-10,13,16-17H,5,11-12,14-15,18H2,1-4H3,(H,33,37)(H,39,40). The molecular weight excluding hydrogens is 588 g/mol. The Balaban J connectivity index is 1.33. The highest BCUT2D eigenvalue weighted by atomic mass is 32.2. The molecule has 0 spiro atoms. The van der Waals surface area contributed by atoms with Crippen molar-refractivity contribution in [2.45, 2.75) is 39.2 Å². The van der Waals surface area contributed by atoms with Gasteiger partial charge in [-0.15, -0.1) is 0 Å². The number of carboxylic acids is 1. The summed E-state index contributed by atoms with van der Waals surface area (Å²) in [5.74, 6) is -0.751. The molecule has 2 aromatic heterocycles. The Morgan fingerprint density at radius 3 is 2.59 bits per heavy atom. The molecule has 0 saturated carbocycles. The van der Waals surface area contributed by atoms with Gasteiger partial charge in [-0.1, -0.05) is 6.07 Å². The maximum Gasteiger partial charge on any atom is 0.328 e. The average Bonchev–Trinajstić information content (AvgIpc) is 3.06. The van der Waals surface area contributed by atoms with Crippen molar-refractivity contribution < 1.29 is 32.6 Å². The minimum atomic E-state index is -3.82. The van der Waals surface area contributed by atoms with Gasteiger partial charge >= 0.3 is 5.97 Å². The highest BCUT2D eigenvalue weighted by molar-refractivity contribution is 7.92. The molecule has 14 heteroatoms. The molecule has 3 aromatic rings. The van der Waals surface area contributed by atoms with E-state index in [1.807, 2.05) is 24.0 Å². The van der Waals surface area contributed by atoms with Gasteiger partial charge in [-0.25, -0.2) is 23.2 Å². The lowest BCUT2D eigenvalue weighted by atomic mass is 10.1. The first kappa shape index (κ1) is 30.7. The van der Waals surface area contributed by atoms with E-state index >= 15 is 0 Å². The SMILES string of the molecule is CCN1c2ncc(CCOc3cccc4c3CCS(=O)(=O)N4CC(=O)NC(C)(C)C(=O)O)cc2C(=O)N(C)c2cccnc21. The second kappa shape index (κ2) is 11.8. The van der Waals surface area contributed by atoms with E-state index in [4.69, 9.17) is 4.74 Å².